The van der Waals surface area contributed by atoms with E-state index in [4.69, 9.17) is 4.98 Å². The number of anilines is 1. The van der Waals surface area contributed by atoms with Crippen LogP contribution in [0.1, 0.15) is 0 Å². The van der Waals surface area contributed by atoms with E-state index in [2.05, 4.69) is 34.9 Å². The molecule has 7 aromatic rings. The highest BCUT2D eigenvalue weighted by Gasteiger charge is 2.18. The molecule has 10 nitrogen and oxygen atoms in total. The minimum absolute atomic E-state index is 0.160. The van der Waals surface area contributed by atoms with Gasteiger partial charge in [0.2, 0.25) is 0 Å². The molecule has 3 N–H and O–H groups in total. The summed E-state index contributed by atoms with van der Waals surface area (Å²) in [5, 5.41) is 8.32. The lowest BCUT2D eigenvalue weighted by Gasteiger charge is -2.09. The summed E-state index contributed by atoms with van der Waals surface area (Å²) in [5.41, 5.74) is 5.68. The largest absolute Gasteiger partial charge is 0.335 e. The number of aromatic nitrogens is 7. The van der Waals surface area contributed by atoms with E-state index in [1.165, 1.54) is 24.4 Å². The zero-order chi connectivity index (χ0) is 28.0. The summed E-state index contributed by atoms with van der Waals surface area (Å²) < 4.78 is 42.1. The molecule has 200 valence electrons. The number of fused-ring (bicyclic) bond motifs is 2. The molecular weight excluding hydrogens is 543 g/mol. The van der Waals surface area contributed by atoms with Crippen LogP contribution in [0.2, 0.25) is 0 Å². The van der Waals surface area contributed by atoms with Gasteiger partial charge < -0.3 is 4.98 Å². The van der Waals surface area contributed by atoms with Gasteiger partial charge in [0, 0.05) is 40.7 Å². The van der Waals surface area contributed by atoms with Gasteiger partial charge in [-0.3, -0.25) is 24.8 Å². The average Bonchev–Trinajstić information content (AvgIpc) is 3.61. The molecule has 0 saturated carbocycles. The smallest absolute Gasteiger partial charge is 0.261 e. The molecule has 0 unspecified atom stereocenters. The van der Waals surface area contributed by atoms with Crippen LogP contribution >= 0.6 is 0 Å². The molecule has 0 radical (unpaired) electrons. The summed E-state index contributed by atoms with van der Waals surface area (Å²) in [6.45, 7) is 0. The Morgan fingerprint density at radius 3 is 2.41 bits per heavy atom. The van der Waals surface area contributed by atoms with Crippen LogP contribution in [0.15, 0.2) is 103 Å². The molecular formula is C29H19FN8O2S. The lowest BCUT2D eigenvalue weighted by Crippen LogP contribution is -2.12. The molecule has 0 fully saturated rings. The first-order chi connectivity index (χ1) is 19.9. The van der Waals surface area contributed by atoms with E-state index in [0.717, 1.165) is 22.7 Å². The zero-order valence-corrected chi connectivity index (χ0v) is 21.9. The predicted octanol–water partition coefficient (Wildman–Crippen LogP) is 5.57. The van der Waals surface area contributed by atoms with Crippen molar-refractivity contribution in [1.82, 2.24) is 35.1 Å². The maximum atomic E-state index is 13.9. The van der Waals surface area contributed by atoms with E-state index in [-0.39, 0.29) is 4.90 Å². The van der Waals surface area contributed by atoms with Gasteiger partial charge in [-0.15, -0.1) is 0 Å². The van der Waals surface area contributed by atoms with E-state index in [9.17, 15) is 12.8 Å². The minimum Gasteiger partial charge on any atom is -0.335 e. The fourth-order valence-corrected chi connectivity index (χ4v) is 5.71. The Labute approximate surface area is 232 Å². The van der Waals surface area contributed by atoms with Crippen molar-refractivity contribution in [3.63, 3.8) is 0 Å². The van der Waals surface area contributed by atoms with Crippen molar-refractivity contribution in [3.05, 3.63) is 104 Å². The molecule has 7 rings (SSSR count). The Balaban J connectivity index is 1.26. The minimum atomic E-state index is -3.77. The second-order valence-electron chi connectivity index (χ2n) is 9.27. The normalized spacial score (nSPS) is 11.7. The Kier molecular flexibility index (Phi) is 5.75. The first-order valence-electron chi connectivity index (χ1n) is 12.4. The number of hydrogen-bond acceptors (Lipinski definition) is 7. The van der Waals surface area contributed by atoms with Crippen LogP contribution in [0.3, 0.4) is 0 Å². The first-order valence-corrected chi connectivity index (χ1v) is 13.9. The molecule has 0 bridgehead atoms. The second kappa shape index (κ2) is 9.61. The molecule has 0 saturated heterocycles. The Morgan fingerprint density at radius 2 is 1.56 bits per heavy atom. The summed E-state index contributed by atoms with van der Waals surface area (Å²) >= 11 is 0. The van der Waals surface area contributed by atoms with Crippen molar-refractivity contribution in [3.8, 4) is 33.8 Å². The van der Waals surface area contributed by atoms with Crippen LogP contribution in [0, 0.1) is 5.82 Å². The summed E-state index contributed by atoms with van der Waals surface area (Å²) in [5.74, 6) is 0.0528. The standard InChI is InChI=1S/C29H19FN8O2S/c30-20-8-19(12-31-13-20)24-15-33-16-26-27(24)35-29(34-26)28-23-10-17(6-7-25(23)36-37-28)18-9-21(14-32-11-18)38-41(39,40)22-4-2-1-3-5-22/h1-16,38H,(H,34,35)(H,36,37). The molecule has 5 heterocycles. The molecule has 0 aliphatic carbocycles. The number of benzene rings is 2. The molecule has 0 atom stereocenters. The molecule has 12 heteroatoms. The van der Waals surface area contributed by atoms with Crippen LogP contribution < -0.4 is 4.72 Å². The number of pyridine rings is 3. The summed E-state index contributed by atoms with van der Waals surface area (Å²) in [6, 6.07) is 17.0. The van der Waals surface area contributed by atoms with Crippen molar-refractivity contribution in [2.45, 2.75) is 4.90 Å². The molecule has 2 aromatic carbocycles. The number of aromatic amines is 2. The first kappa shape index (κ1) is 24.5. The van der Waals surface area contributed by atoms with Crippen molar-refractivity contribution >= 4 is 37.6 Å². The van der Waals surface area contributed by atoms with Gasteiger partial charge >= 0.3 is 0 Å². The maximum Gasteiger partial charge on any atom is 0.261 e. The van der Waals surface area contributed by atoms with Crippen LogP contribution in [-0.4, -0.2) is 43.5 Å². The summed E-state index contributed by atoms with van der Waals surface area (Å²) in [4.78, 5) is 20.7. The van der Waals surface area contributed by atoms with Gasteiger partial charge in [0.25, 0.3) is 10.0 Å². The Bertz CT molecular complexity index is 2180. The van der Waals surface area contributed by atoms with Crippen molar-refractivity contribution in [2.24, 2.45) is 0 Å². The highest BCUT2D eigenvalue weighted by atomic mass is 32.2. The SMILES string of the molecule is O=S(=O)(Nc1cncc(-c2ccc3[nH]nc(-c4nc5c(-c6cncc(F)c6)cncc5[nH]4)c3c2)c1)c1ccccc1. The lowest BCUT2D eigenvalue weighted by atomic mass is 10.0. The molecule has 41 heavy (non-hydrogen) atoms. The molecule has 0 amide bonds. The van der Waals surface area contributed by atoms with E-state index < -0.39 is 15.8 Å². The van der Waals surface area contributed by atoms with Gasteiger partial charge in [-0.1, -0.05) is 24.3 Å². The van der Waals surface area contributed by atoms with Gasteiger partial charge in [-0.25, -0.2) is 17.8 Å². The fraction of sp³-hybridized carbons (Fsp3) is 0. The average molecular weight is 563 g/mol. The van der Waals surface area contributed by atoms with E-state index in [1.54, 1.807) is 49.1 Å². The van der Waals surface area contributed by atoms with Crippen LogP contribution in [0.4, 0.5) is 10.1 Å². The zero-order valence-electron chi connectivity index (χ0n) is 21.1. The summed E-state index contributed by atoms with van der Waals surface area (Å²) in [7, 11) is -3.77. The van der Waals surface area contributed by atoms with Gasteiger partial charge in [-0.2, -0.15) is 5.10 Å². The number of imidazole rings is 1. The third kappa shape index (κ3) is 4.55. The fourth-order valence-electron chi connectivity index (χ4n) is 4.66. The number of rotatable bonds is 6. The number of hydrogen-bond donors (Lipinski definition) is 3. The third-order valence-corrected chi connectivity index (χ3v) is 7.97. The molecule has 0 spiro atoms. The van der Waals surface area contributed by atoms with E-state index in [1.807, 2.05) is 18.2 Å². The number of sulfonamides is 1. The Morgan fingerprint density at radius 1 is 0.756 bits per heavy atom. The van der Waals surface area contributed by atoms with E-state index in [0.29, 0.717) is 44.9 Å². The number of H-pyrrole nitrogens is 2. The van der Waals surface area contributed by atoms with Crippen molar-refractivity contribution < 1.29 is 12.8 Å². The van der Waals surface area contributed by atoms with Gasteiger partial charge in [0.15, 0.2) is 5.82 Å². The molecule has 5 aromatic heterocycles. The lowest BCUT2D eigenvalue weighted by molar-refractivity contribution is 0.601. The Hall–Kier alpha value is -5.49. The molecule has 0 aliphatic rings. The molecule has 0 aliphatic heterocycles. The number of nitrogens with one attached hydrogen (secondary N) is 3. The van der Waals surface area contributed by atoms with Crippen molar-refractivity contribution in [2.75, 3.05) is 4.72 Å². The quantitative estimate of drug-likeness (QED) is 0.241. The van der Waals surface area contributed by atoms with Gasteiger partial charge in [0.1, 0.15) is 17.0 Å². The highest BCUT2D eigenvalue weighted by Crippen LogP contribution is 2.33. The van der Waals surface area contributed by atoms with Gasteiger partial charge in [-0.05, 0) is 42.0 Å². The predicted molar refractivity (Wildman–Crippen MR) is 153 cm³/mol. The van der Waals surface area contributed by atoms with Crippen molar-refractivity contribution in [1.29, 1.82) is 0 Å². The number of nitrogens with zero attached hydrogens (tertiary/aromatic N) is 5. The van der Waals surface area contributed by atoms with Crippen LogP contribution in [-0.2, 0) is 10.0 Å². The third-order valence-electron chi connectivity index (χ3n) is 6.57. The number of halogens is 1. The topological polar surface area (TPSA) is 142 Å². The van der Waals surface area contributed by atoms with E-state index >= 15 is 0 Å². The van der Waals surface area contributed by atoms with Crippen LogP contribution in [0.5, 0.6) is 0 Å². The monoisotopic (exact) mass is 562 g/mol. The highest BCUT2D eigenvalue weighted by molar-refractivity contribution is 7.92. The summed E-state index contributed by atoms with van der Waals surface area (Å²) in [6.07, 6.45) is 9.09. The second-order valence-corrected chi connectivity index (χ2v) is 11.0. The van der Waals surface area contributed by atoms with Gasteiger partial charge in [0.05, 0.1) is 40.2 Å². The maximum absolute atomic E-state index is 13.9. The van der Waals surface area contributed by atoms with Crippen LogP contribution in [0.25, 0.3) is 55.7 Å².